The summed E-state index contributed by atoms with van der Waals surface area (Å²) in [4.78, 5) is 36.2. The summed E-state index contributed by atoms with van der Waals surface area (Å²) in [5, 5.41) is 14.8. The smallest absolute Gasteiger partial charge is 0.407 e. The second-order valence-corrected chi connectivity index (χ2v) is 9.95. The molecular formula is C26H30N2O5. The first-order chi connectivity index (χ1) is 15.7. The van der Waals surface area contributed by atoms with E-state index in [2.05, 4.69) is 34.9 Å². The van der Waals surface area contributed by atoms with Crippen LogP contribution >= 0.6 is 0 Å². The number of carboxylic acids is 1. The molecule has 3 atom stereocenters. The van der Waals surface area contributed by atoms with Crippen molar-refractivity contribution in [2.24, 2.45) is 17.3 Å². The van der Waals surface area contributed by atoms with Gasteiger partial charge in [-0.3, -0.25) is 4.79 Å². The van der Waals surface area contributed by atoms with E-state index in [4.69, 9.17) is 4.74 Å². The predicted octanol–water partition coefficient (Wildman–Crippen LogP) is 3.78. The number of hydrogen-bond acceptors (Lipinski definition) is 4. The van der Waals surface area contributed by atoms with Gasteiger partial charge in [0.1, 0.15) is 12.6 Å². The first kappa shape index (κ1) is 22.8. The third kappa shape index (κ3) is 4.87. The number of rotatable bonds is 7. The van der Waals surface area contributed by atoms with Crippen molar-refractivity contribution in [1.82, 2.24) is 10.6 Å². The van der Waals surface area contributed by atoms with Gasteiger partial charge in [-0.25, -0.2) is 9.59 Å². The highest BCUT2D eigenvalue weighted by Crippen LogP contribution is 2.44. The highest BCUT2D eigenvalue weighted by atomic mass is 16.5. The second-order valence-electron chi connectivity index (χ2n) is 9.95. The summed E-state index contributed by atoms with van der Waals surface area (Å²) in [6.45, 7) is 5.88. The predicted molar refractivity (Wildman–Crippen MR) is 124 cm³/mol. The van der Waals surface area contributed by atoms with Gasteiger partial charge >= 0.3 is 12.1 Å². The average Bonchev–Trinajstić information content (AvgIpc) is 3.48. The highest BCUT2D eigenvalue weighted by molar-refractivity contribution is 5.87. The normalized spacial score (nSPS) is 19.7. The molecule has 4 rings (SSSR count). The van der Waals surface area contributed by atoms with E-state index < -0.39 is 23.5 Å². The summed E-state index contributed by atoms with van der Waals surface area (Å²) in [6, 6.07) is 15.3. The van der Waals surface area contributed by atoms with Gasteiger partial charge in [-0.15, -0.1) is 0 Å². The monoisotopic (exact) mass is 450 g/mol. The number of fused-ring (bicyclic) bond motifs is 3. The molecule has 3 N–H and O–H groups in total. The summed E-state index contributed by atoms with van der Waals surface area (Å²) >= 11 is 0. The fraction of sp³-hybridized carbons (Fsp3) is 0.423. The molecule has 0 saturated heterocycles. The Morgan fingerprint density at radius 1 is 1.03 bits per heavy atom. The Bertz CT molecular complexity index is 1030. The Kier molecular flexibility index (Phi) is 6.15. The first-order valence-electron chi connectivity index (χ1n) is 11.3. The van der Waals surface area contributed by atoms with E-state index in [9.17, 15) is 19.5 Å². The third-order valence-electron chi connectivity index (χ3n) is 6.51. The molecule has 2 aromatic carbocycles. The molecule has 0 spiro atoms. The molecule has 0 heterocycles. The van der Waals surface area contributed by atoms with Crippen LogP contribution in [0.2, 0.25) is 0 Å². The van der Waals surface area contributed by atoms with Gasteiger partial charge in [0.15, 0.2) is 0 Å². The van der Waals surface area contributed by atoms with Crippen molar-refractivity contribution in [3.8, 4) is 11.1 Å². The lowest BCUT2D eigenvalue weighted by atomic mass is 9.86. The van der Waals surface area contributed by atoms with Crippen LogP contribution in [0.4, 0.5) is 4.79 Å². The van der Waals surface area contributed by atoms with Crippen LogP contribution in [-0.4, -0.2) is 42.3 Å². The van der Waals surface area contributed by atoms with E-state index in [-0.39, 0.29) is 30.3 Å². The summed E-state index contributed by atoms with van der Waals surface area (Å²) in [6.07, 6.45) is 0.104. The lowest BCUT2D eigenvalue weighted by Crippen LogP contribution is -2.49. The SMILES string of the molecule is CC(C)(C)C(NC(=O)[C@@H]1C[C@@H]1CNC(=O)OCC1c2ccccc2-c2ccccc21)C(=O)O. The molecule has 0 aromatic heterocycles. The number of aliphatic carboxylic acids is 1. The molecule has 2 aliphatic carbocycles. The van der Waals surface area contributed by atoms with Crippen molar-refractivity contribution in [3.05, 3.63) is 59.7 Å². The molecule has 0 radical (unpaired) electrons. The van der Waals surface area contributed by atoms with Crippen LogP contribution in [0.25, 0.3) is 11.1 Å². The van der Waals surface area contributed by atoms with E-state index in [0.717, 1.165) is 11.1 Å². The number of amides is 2. The molecule has 7 nitrogen and oxygen atoms in total. The van der Waals surface area contributed by atoms with Gasteiger partial charge < -0.3 is 20.5 Å². The van der Waals surface area contributed by atoms with Gasteiger partial charge in [0, 0.05) is 18.4 Å². The lowest BCUT2D eigenvalue weighted by Gasteiger charge is -2.27. The van der Waals surface area contributed by atoms with Crippen LogP contribution in [0.3, 0.4) is 0 Å². The molecule has 1 fully saturated rings. The summed E-state index contributed by atoms with van der Waals surface area (Å²) in [5.41, 5.74) is 4.05. The van der Waals surface area contributed by atoms with Gasteiger partial charge in [-0.2, -0.15) is 0 Å². The van der Waals surface area contributed by atoms with Crippen molar-refractivity contribution >= 4 is 18.0 Å². The third-order valence-corrected chi connectivity index (χ3v) is 6.51. The van der Waals surface area contributed by atoms with E-state index >= 15 is 0 Å². The van der Waals surface area contributed by atoms with Crippen molar-refractivity contribution in [2.45, 2.75) is 39.2 Å². The minimum atomic E-state index is -1.05. The minimum absolute atomic E-state index is 0.00653. The molecule has 33 heavy (non-hydrogen) atoms. The number of alkyl carbamates (subject to hydrolysis) is 1. The average molecular weight is 451 g/mol. The molecule has 2 aliphatic rings. The maximum Gasteiger partial charge on any atom is 0.407 e. The molecular weight excluding hydrogens is 420 g/mol. The fourth-order valence-corrected chi connectivity index (χ4v) is 4.56. The standard InChI is InChI=1S/C26H30N2O5/c1-26(2,3)22(24(30)31)28-23(29)20-12-15(20)13-27-25(32)33-14-21-18-10-6-4-8-16(18)17-9-5-7-11-19(17)21/h4-11,15,20-22H,12-14H2,1-3H3,(H,27,32)(H,28,29)(H,30,31)/t15-,20-,22?/m1/s1. The maximum absolute atomic E-state index is 12.4. The largest absolute Gasteiger partial charge is 0.480 e. The minimum Gasteiger partial charge on any atom is -0.480 e. The van der Waals surface area contributed by atoms with Crippen LogP contribution < -0.4 is 10.6 Å². The number of ether oxygens (including phenoxy) is 1. The Morgan fingerprint density at radius 3 is 2.15 bits per heavy atom. The van der Waals surface area contributed by atoms with Crippen molar-refractivity contribution < 1.29 is 24.2 Å². The number of carbonyl (C=O) groups excluding carboxylic acids is 2. The van der Waals surface area contributed by atoms with E-state index in [1.807, 2.05) is 24.3 Å². The second kappa shape index (κ2) is 8.89. The molecule has 2 amide bonds. The van der Waals surface area contributed by atoms with Gasteiger partial charge in [-0.1, -0.05) is 69.3 Å². The number of carbonyl (C=O) groups is 3. The van der Waals surface area contributed by atoms with Crippen LogP contribution in [0, 0.1) is 17.3 Å². The van der Waals surface area contributed by atoms with E-state index in [1.165, 1.54) is 11.1 Å². The Balaban J connectivity index is 1.26. The molecule has 174 valence electrons. The lowest BCUT2D eigenvalue weighted by molar-refractivity contribution is -0.145. The topological polar surface area (TPSA) is 105 Å². The highest BCUT2D eigenvalue weighted by Gasteiger charge is 2.45. The number of benzene rings is 2. The Labute approximate surface area is 193 Å². The maximum atomic E-state index is 12.4. The molecule has 2 aromatic rings. The van der Waals surface area contributed by atoms with Gasteiger partial charge in [-0.05, 0) is 40.0 Å². The van der Waals surface area contributed by atoms with Crippen molar-refractivity contribution in [3.63, 3.8) is 0 Å². The van der Waals surface area contributed by atoms with E-state index in [0.29, 0.717) is 13.0 Å². The van der Waals surface area contributed by atoms with Crippen LogP contribution in [0.15, 0.2) is 48.5 Å². The molecule has 0 bridgehead atoms. The summed E-state index contributed by atoms with van der Waals surface area (Å²) in [5.74, 6) is -1.64. The van der Waals surface area contributed by atoms with Crippen LogP contribution in [0.5, 0.6) is 0 Å². The number of hydrogen-bond donors (Lipinski definition) is 3. The van der Waals surface area contributed by atoms with Crippen molar-refractivity contribution in [2.75, 3.05) is 13.2 Å². The fourth-order valence-electron chi connectivity index (χ4n) is 4.56. The zero-order valence-corrected chi connectivity index (χ0v) is 19.1. The number of nitrogens with one attached hydrogen (secondary N) is 2. The Morgan fingerprint density at radius 2 is 1.61 bits per heavy atom. The molecule has 0 aliphatic heterocycles. The molecule has 1 unspecified atom stereocenters. The first-order valence-corrected chi connectivity index (χ1v) is 11.3. The Hall–Kier alpha value is -3.35. The zero-order chi connectivity index (χ0) is 23.8. The zero-order valence-electron chi connectivity index (χ0n) is 19.1. The molecule has 7 heteroatoms. The van der Waals surface area contributed by atoms with Crippen LogP contribution in [0.1, 0.15) is 44.2 Å². The quantitative estimate of drug-likeness (QED) is 0.596. The summed E-state index contributed by atoms with van der Waals surface area (Å²) in [7, 11) is 0. The van der Waals surface area contributed by atoms with Gasteiger partial charge in [0.2, 0.25) is 5.91 Å². The summed E-state index contributed by atoms with van der Waals surface area (Å²) < 4.78 is 5.53. The van der Waals surface area contributed by atoms with E-state index in [1.54, 1.807) is 20.8 Å². The number of carboxylic acid groups (broad SMARTS) is 1. The molecule has 1 saturated carbocycles. The van der Waals surface area contributed by atoms with Crippen molar-refractivity contribution in [1.29, 1.82) is 0 Å². The van der Waals surface area contributed by atoms with Crippen LogP contribution in [-0.2, 0) is 14.3 Å². The van der Waals surface area contributed by atoms with Gasteiger partial charge in [0.25, 0.3) is 0 Å². The van der Waals surface area contributed by atoms with Gasteiger partial charge in [0.05, 0.1) is 0 Å².